The van der Waals surface area contributed by atoms with Crippen molar-refractivity contribution in [3.63, 3.8) is 0 Å². The molecule has 1 amide bonds. The maximum Gasteiger partial charge on any atom is 0.234 e. The van der Waals surface area contributed by atoms with E-state index in [1.807, 2.05) is 6.07 Å². The fourth-order valence-corrected chi connectivity index (χ4v) is 1.73. The fourth-order valence-electron chi connectivity index (χ4n) is 1.73. The first-order valence-corrected chi connectivity index (χ1v) is 6.38. The summed E-state index contributed by atoms with van der Waals surface area (Å²) in [5.74, 6) is 0.000600. The van der Waals surface area contributed by atoms with Crippen LogP contribution in [0.2, 0.25) is 0 Å². The minimum atomic E-state index is 0.000600. The zero-order valence-electron chi connectivity index (χ0n) is 11.2. The number of carbonyl (C=O) groups excluding carboxylic acids is 1. The zero-order valence-corrected chi connectivity index (χ0v) is 11.2. The summed E-state index contributed by atoms with van der Waals surface area (Å²) in [6.45, 7) is 5.32. The van der Waals surface area contributed by atoms with E-state index in [1.54, 1.807) is 7.11 Å². The lowest BCUT2D eigenvalue weighted by molar-refractivity contribution is -0.120. The molecule has 2 N–H and O–H groups in total. The zero-order chi connectivity index (χ0) is 13.2. The molecule has 1 aromatic rings. The van der Waals surface area contributed by atoms with Crippen molar-refractivity contribution in [3.8, 4) is 0 Å². The van der Waals surface area contributed by atoms with Crippen LogP contribution in [0.15, 0.2) is 18.3 Å². The molecule has 18 heavy (non-hydrogen) atoms. The maximum atomic E-state index is 11.4. The number of hydrogen-bond acceptors (Lipinski definition) is 3. The van der Waals surface area contributed by atoms with Crippen molar-refractivity contribution in [2.24, 2.45) is 0 Å². The highest BCUT2D eigenvalue weighted by Gasteiger charge is 2.02. The molecule has 5 nitrogen and oxygen atoms in total. The van der Waals surface area contributed by atoms with Crippen LogP contribution >= 0.6 is 0 Å². The van der Waals surface area contributed by atoms with Gasteiger partial charge >= 0.3 is 0 Å². The van der Waals surface area contributed by atoms with E-state index in [2.05, 4.69) is 34.4 Å². The molecule has 102 valence electrons. The van der Waals surface area contributed by atoms with E-state index < -0.39 is 0 Å². The molecule has 0 aromatic carbocycles. The summed E-state index contributed by atoms with van der Waals surface area (Å²) in [5, 5.41) is 5.91. The largest absolute Gasteiger partial charge is 0.383 e. The minimum Gasteiger partial charge on any atom is -0.383 e. The standard InChI is InChI=1S/C13H23N3O2/c1-3-7-16-8-4-5-12(16)10-14-11-13(17)15-6-9-18-2/h4-5,8,14H,3,6-7,9-11H2,1-2H3,(H,15,17). The number of aromatic nitrogens is 1. The average Bonchev–Trinajstić information content (AvgIpc) is 2.78. The topological polar surface area (TPSA) is 55.3 Å². The monoisotopic (exact) mass is 253 g/mol. The second-order valence-corrected chi connectivity index (χ2v) is 4.14. The van der Waals surface area contributed by atoms with Gasteiger partial charge in [0.1, 0.15) is 0 Å². The van der Waals surface area contributed by atoms with E-state index in [0.717, 1.165) is 13.0 Å². The Morgan fingerprint density at radius 3 is 3.06 bits per heavy atom. The number of nitrogens with zero attached hydrogens (tertiary/aromatic N) is 1. The Morgan fingerprint density at radius 1 is 1.50 bits per heavy atom. The molecular formula is C13H23N3O2. The van der Waals surface area contributed by atoms with Crippen LogP contribution in [0, 0.1) is 0 Å². The summed E-state index contributed by atoms with van der Waals surface area (Å²) in [4.78, 5) is 11.4. The Hall–Kier alpha value is -1.33. The van der Waals surface area contributed by atoms with Crippen LogP contribution in [0.3, 0.4) is 0 Å². The Kier molecular flexibility index (Phi) is 7.13. The first-order chi connectivity index (χ1) is 8.77. The lowest BCUT2D eigenvalue weighted by Crippen LogP contribution is -2.35. The molecule has 0 saturated heterocycles. The van der Waals surface area contributed by atoms with Crippen LogP contribution < -0.4 is 10.6 Å². The first kappa shape index (κ1) is 14.7. The van der Waals surface area contributed by atoms with Crippen molar-refractivity contribution >= 4 is 5.91 Å². The van der Waals surface area contributed by atoms with Gasteiger partial charge in [0.15, 0.2) is 0 Å². The van der Waals surface area contributed by atoms with E-state index in [0.29, 0.717) is 26.2 Å². The van der Waals surface area contributed by atoms with Crippen LogP contribution in [-0.2, 0) is 22.6 Å². The van der Waals surface area contributed by atoms with Crippen molar-refractivity contribution in [3.05, 3.63) is 24.0 Å². The van der Waals surface area contributed by atoms with E-state index in [-0.39, 0.29) is 5.91 Å². The molecule has 0 atom stereocenters. The molecule has 5 heteroatoms. The SMILES string of the molecule is CCCn1cccc1CNCC(=O)NCCOC. The summed E-state index contributed by atoms with van der Waals surface area (Å²) in [6, 6.07) is 4.11. The summed E-state index contributed by atoms with van der Waals surface area (Å²) in [7, 11) is 1.62. The summed E-state index contributed by atoms with van der Waals surface area (Å²) in [5.41, 5.74) is 1.21. The number of aryl methyl sites for hydroxylation is 1. The molecule has 1 aromatic heterocycles. The number of nitrogens with one attached hydrogen (secondary N) is 2. The average molecular weight is 253 g/mol. The van der Waals surface area contributed by atoms with E-state index in [1.165, 1.54) is 5.69 Å². The predicted octanol–water partition coefficient (Wildman–Crippen LogP) is 0.750. The third-order valence-electron chi connectivity index (χ3n) is 2.61. The van der Waals surface area contributed by atoms with Crippen molar-refractivity contribution in [2.45, 2.75) is 26.4 Å². The Balaban J connectivity index is 2.20. The molecule has 1 heterocycles. The smallest absolute Gasteiger partial charge is 0.234 e. The Bertz CT molecular complexity index is 350. The van der Waals surface area contributed by atoms with Crippen LogP contribution in [0.25, 0.3) is 0 Å². The number of ether oxygens (including phenoxy) is 1. The molecule has 0 aliphatic heterocycles. The Morgan fingerprint density at radius 2 is 2.33 bits per heavy atom. The number of methoxy groups -OCH3 is 1. The van der Waals surface area contributed by atoms with Gasteiger partial charge in [0.25, 0.3) is 0 Å². The third kappa shape index (κ3) is 5.33. The van der Waals surface area contributed by atoms with E-state index in [9.17, 15) is 4.79 Å². The highest BCUT2D eigenvalue weighted by molar-refractivity contribution is 5.77. The number of hydrogen-bond donors (Lipinski definition) is 2. The molecule has 0 radical (unpaired) electrons. The van der Waals surface area contributed by atoms with Gasteiger partial charge in [0, 0.05) is 38.6 Å². The van der Waals surface area contributed by atoms with Gasteiger partial charge in [-0.15, -0.1) is 0 Å². The van der Waals surface area contributed by atoms with E-state index >= 15 is 0 Å². The molecule has 0 spiro atoms. The Labute approximate surface area is 109 Å². The van der Waals surface area contributed by atoms with Crippen LogP contribution in [0.4, 0.5) is 0 Å². The van der Waals surface area contributed by atoms with Gasteiger partial charge < -0.3 is 19.9 Å². The van der Waals surface area contributed by atoms with Crippen molar-refractivity contribution in [1.82, 2.24) is 15.2 Å². The van der Waals surface area contributed by atoms with Crippen LogP contribution in [0.1, 0.15) is 19.0 Å². The van der Waals surface area contributed by atoms with Gasteiger partial charge in [0.05, 0.1) is 13.2 Å². The van der Waals surface area contributed by atoms with Gasteiger partial charge in [-0.2, -0.15) is 0 Å². The van der Waals surface area contributed by atoms with Gasteiger partial charge in [-0.05, 0) is 18.6 Å². The van der Waals surface area contributed by atoms with Crippen LogP contribution in [-0.4, -0.2) is 37.3 Å². The maximum absolute atomic E-state index is 11.4. The van der Waals surface area contributed by atoms with Gasteiger partial charge in [-0.3, -0.25) is 4.79 Å². The molecule has 0 bridgehead atoms. The summed E-state index contributed by atoms with van der Waals surface area (Å²) < 4.78 is 7.06. The third-order valence-corrected chi connectivity index (χ3v) is 2.61. The van der Waals surface area contributed by atoms with Gasteiger partial charge in [-0.25, -0.2) is 0 Å². The molecule has 0 saturated carbocycles. The van der Waals surface area contributed by atoms with E-state index in [4.69, 9.17) is 4.74 Å². The molecule has 0 aliphatic rings. The molecular weight excluding hydrogens is 230 g/mol. The second-order valence-electron chi connectivity index (χ2n) is 4.14. The highest BCUT2D eigenvalue weighted by Crippen LogP contribution is 2.02. The molecule has 1 rings (SSSR count). The summed E-state index contributed by atoms with van der Waals surface area (Å²) in [6.07, 6.45) is 3.18. The van der Waals surface area contributed by atoms with Crippen LogP contribution in [0.5, 0.6) is 0 Å². The van der Waals surface area contributed by atoms with Gasteiger partial charge in [-0.1, -0.05) is 6.92 Å². The highest BCUT2D eigenvalue weighted by atomic mass is 16.5. The quantitative estimate of drug-likeness (QED) is 0.639. The molecule has 0 aliphatic carbocycles. The van der Waals surface area contributed by atoms with Gasteiger partial charge in [0.2, 0.25) is 5.91 Å². The van der Waals surface area contributed by atoms with Crippen molar-refractivity contribution < 1.29 is 9.53 Å². The first-order valence-electron chi connectivity index (χ1n) is 6.38. The normalized spacial score (nSPS) is 10.6. The van der Waals surface area contributed by atoms with Crippen molar-refractivity contribution in [1.29, 1.82) is 0 Å². The lowest BCUT2D eigenvalue weighted by atomic mass is 10.4. The number of amides is 1. The number of rotatable bonds is 9. The molecule has 0 unspecified atom stereocenters. The number of carbonyl (C=O) groups is 1. The van der Waals surface area contributed by atoms with Crippen molar-refractivity contribution in [2.75, 3.05) is 26.8 Å². The second kappa shape index (κ2) is 8.72. The fraction of sp³-hybridized carbons (Fsp3) is 0.615. The minimum absolute atomic E-state index is 0.000600. The lowest BCUT2D eigenvalue weighted by Gasteiger charge is -2.09. The molecule has 0 fully saturated rings. The summed E-state index contributed by atoms with van der Waals surface area (Å²) >= 11 is 0. The predicted molar refractivity (Wildman–Crippen MR) is 71.3 cm³/mol.